The van der Waals surface area contributed by atoms with Crippen LogP contribution in [-0.2, 0) is 4.79 Å². The van der Waals surface area contributed by atoms with Crippen molar-refractivity contribution in [3.05, 3.63) is 63.1 Å². The molecule has 2 aromatic rings. The Labute approximate surface area is 140 Å². The molecule has 0 saturated carbocycles. The maximum absolute atomic E-state index is 12.1. The number of rotatable bonds is 3. The maximum atomic E-state index is 12.1. The van der Waals surface area contributed by atoms with Crippen LogP contribution in [0.15, 0.2) is 52.5 Å². The number of benzene rings is 2. The summed E-state index contributed by atoms with van der Waals surface area (Å²) in [5.74, 6) is -0.578. The van der Waals surface area contributed by atoms with E-state index >= 15 is 0 Å². The highest BCUT2D eigenvalue weighted by atomic mass is 79.9. The SMILES string of the molecule is N#C/C(=C/c1ccc(O)c(Cl)c1)C(=O)Nc1ccc(Br)cc1. The molecule has 0 unspecified atom stereocenters. The van der Waals surface area contributed by atoms with E-state index in [1.165, 1.54) is 18.2 Å². The third kappa shape index (κ3) is 4.10. The summed E-state index contributed by atoms with van der Waals surface area (Å²) >= 11 is 9.10. The Balaban J connectivity index is 2.21. The lowest BCUT2D eigenvalue weighted by atomic mass is 10.1. The Hall–Kier alpha value is -2.29. The van der Waals surface area contributed by atoms with Crippen molar-refractivity contribution in [2.24, 2.45) is 0 Å². The van der Waals surface area contributed by atoms with Crippen molar-refractivity contribution in [2.45, 2.75) is 0 Å². The Morgan fingerprint density at radius 1 is 1.27 bits per heavy atom. The number of aromatic hydroxyl groups is 1. The van der Waals surface area contributed by atoms with Crippen LogP contribution < -0.4 is 5.32 Å². The van der Waals surface area contributed by atoms with Gasteiger partial charge in [0.05, 0.1) is 5.02 Å². The molecule has 1 amide bonds. The third-order valence-electron chi connectivity index (χ3n) is 2.75. The molecule has 110 valence electrons. The molecular weight excluding hydrogens is 368 g/mol. The van der Waals surface area contributed by atoms with E-state index in [1.54, 1.807) is 30.3 Å². The fraction of sp³-hybridized carbons (Fsp3) is 0. The van der Waals surface area contributed by atoms with Gasteiger partial charge < -0.3 is 10.4 Å². The van der Waals surface area contributed by atoms with Crippen molar-refractivity contribution < 1.29 is 9.90 Å². The zero-order chi connectivity index (χ0) is 16.1. The summed E-state index contributed by atoms with van der Waals surface area (Å²) in [5, 5.41) is 21.3. The third-order valence-corrected chi connectivity index (χ3v) is 3.58. The minimum atomic E-state index is -0.519. The van der Waals surface area contributed by atoms with E-state index in [1.807, 2.05) is 6.07 Å². The molecule has 4 nitrogen and oxygen atoms in total. The molecule has 2 N–H and O–H groups in total. The molecule has 0 atom stereocenters. The van der Waals surface area contributed by atoms with Gasteiger partial charge in [0.1, 0.15) is 17.4 Å². The molecule has 0 aliphatic carbocycles. The van der Waals surface area contributed by atoms with Crippen LogP contribution in [0.25, 0.3) is 6.08 Å². The number of carbonyl (C=O) groups excluding carboxylic acids is 1. The molecule has 2 aromatic carbocycles. The number of phenolic OH excluding ortho intramolecular Hbond substituents is 1. The lowest BCUT2D eigenvalue weighted by molar-refractivity contribution is -0.112. The number of nitrogens with zero attached hydrogens (tertiary/aromatic N) is 1. The number of anilines is 1. The summed E-state index contributed by atoms with van der Waals surface area (Å²) in [6, 6.07) is 13.3. The predicted molar refractivity (Wildman–Crippen MR) is 89.5 cm³/mol. The summed E-state index contributed by atoms with van der Waals surface area (Å²) in [5.41, 5.74) is 1.06. The summed E-state index contributed by atoms with van der Waals surface area (Å²) < 4.78 is 0.889. The fourth-order valence-electron chi connectivity index (χ4n) is 1.66. The van der Waals surface area contributed by atoms with Gasteiger partial charge in [-0.25, -0.2) is 0 Å². The predicted octanol–water partition coefficient (Wildman–Crippen LogP) is 4.35. The molecule has 0 aliphatic rings. The number of hydrogen-bond donors (Lipinski definition) is 2. The van der Waals surface area contributed by atoms with Gasteiger partial charge in [-0.05, 0) is 48.0 Å². The Morgan fingerprint density at radius 3 is 2.55 bits per heavy atom. The number of nitrogens with one attached hydrogen (secondary N) is 1. The minimum Gasteiger partial charge on any atom is -0.506 e. The zero-order valence-electron chi connectivity index (χ0n) is 11.2. The Bertz CT molecular complexity index is 780. The van der Waals surface area contributed by atoms with Crippen molar-refractivity contribution in [1.29, 1.82) is 5.26 Å². The second kappa shape index (κ2) is 7.12. The van der Waals surface area contributed by atoms with Gasteiger partial charge >= 0.3 is 0 Å². The van der Waals surface area contributed by atoms with Crippen molar-refractivity contribution in [3.8, 4) is 11.8 Å². The Morgan fingerprint density at radius 2 is 1.95 bits per heavy atom. The molecule has 22 heavy (non-hydrogen) atoms. The summed E-state index contributed by atoms with van der Waals surface area (Å²) in [6.07, 6.45) is 1.40. The van der Waals surface area contributed by atoms with Crippen molar-refractivity contribution >= 4 is 45.2 Å². The van der Waals surface area contributed by atoms with Crippen LogP contribution in [0.5, 0.6) is 5.75 Å². The maximum Gasteiger partial charge on any atom is 0.266 e. The van der Waals surface area contributed by atoms with Gasteiger partial charge in [0, 0.05) is 10.2 Å². The molecule has 0 bridgehead atoms. The van der Waals surface area contributed by atoms with Crippen molar-refractivity contribution in [2.75, 3.05) is 5.32 Å². The number of carbonyl (C=O) groups is 1. The topological polar surface area (TPSA) is 73.1 Å². The average molecular weight is 378 g/mol. The van der Waals surface area contributed by atoms with Gasteiger partial charge in [0.15, 0.2) is 0 Å². The van der Waals surface area contributed by atoms with Gasteiger partial charge in [0.25, 0.3) is 5.91 Å². The zero-order valence-corrected chi connectivity index (χ0v) is 13.5. The summed E-state index contributed by atoms with van der Waals surface area (Å²) in [6.45, 7) is 0. The Kier molecular flexibility index (Phi) is 5.21. The van der Waals surface area contributed by atoms with Gasteiger partial charge in [-0.2, -0.15) is 5.26 Å². The first-order valence-corrected chi connectivity index (χ1v) is 7.34. The van der Waals surface area contributed by atoms with Crippen LogP contribution in [0.3, 0.4) is 0 Å². The van der Waals surface area contributed by atoms with Gasteiger partial charge in [-0.15, -0.1) is 0 Å². The monoisotopic (exact) mass is 376 g/mol. The van der Waals surface area contributed by atoms with Crippen LogP contribution in [-0.4, -0.2) is 11.0 Å². The van der Waals surface area contributed by atoms with Crippen LogP contribution in [0.4, 0.5) is 5.69 Å². The summed E-state index contributed by atoms with van der Waals surface area (Å²) in [4.78, 5) is 12.1. The molecule has 0 radical (unpaired) electrons. The molecule has 0 spiro atoms. The van der Waals surface area contributed by atoms with Gasteiger partial charge in [0.2, 0.25) is 0 Å². The van der Waals surface area contributed by atoms with E-state index in [0.717, 1.165) is 4.47 Å². The van der Waals surface area contributed by atoms with E-state index in [0.29, 0.717) is 11.3 Å². The van der Waals surface area contributed by atoms with Crippen LogP contribution in [0, 0.1) is 11.3 Å². The van der Waals surface area contributed by atoms with Crippen LogP contribution in [0.2, 0.25) is 5.02 Å². The van der Waals surface area contributed by atoms with Crippen LogP contribution >= 0.6 is 27.5 Å². The van der Waals surface area contributed by atoms with E-state index in [4.69, 9.17) is 16.9 Å². The second-order valence-electron chi connectivity index (χ2n) is 4.34. The number of halogens is 2. The number of nitriles is 1. The highest BCUT2D eigenvalue weighted by Gasteiger charge is 2.10. The quantitative estimate of drug-likeness (QED) is 0.617. The van der Waals surface area contributed by atoms with Crippen molar-refractivity contribution in [3.63, 3.8) is 0 Å². The van der Waals surface area contributed by atoms with E-state index in [2.05, 4.69) is 21.2 Å². The normalized spacial score (nSPS) is 10.9. The van der Waals surface area contributed by atoms with E-state index in [9.17, 15) is 9.90 Å². The lowest BCUT2D eigenvalue weighted by Crippen LogP contribution is -2.13. The molecular formula is C16H10BrClN2O2. The lowest BCUT2D eigenvalue weighted by Gasteiger charge is -2.04. The minimum absolute atomic E-state index is 0.0587. The van der Waals surface area contributed by atoms with Crippen LogP contribution in [0.1, 0.15) is 5.56 Å². The molecule has 0 fully saturated rings. The number of hydrogen-bond acceptors (Lipinski definition) is 3. The van der Waals surface area contributed by atoms with Gasteiger partial charge in [-0.1, -0.05) is 33.6 Å². The number of amides is 1. The molecule has 0 aromatic heterocycles. The molecule has 0 saturated heterocycles. The summed E-state index contributed by atoms with van der Waals surface area (Å²) in [7, 11) is 0. The molecule has 6 heteroatoms. The highest BCUT2D eigenvalue weighted by molar-refractivity contribution is 9.10. The molecule has 0 aliphatic heterocycles. The first kappa shape index (κ1) is 16.1. The first-order valence-electron chi connectivity index (χ1n) is 6.17. The van der Waals surface area contributed by atoms with Crippen molar-refractivity contribution in [1.82, 2.24) is 0 Å². The average Bonchev–Trinajstić information content (AvgIpc) is 2.50. The molecule has 2 rings (SSSR count). The van der Waals surface area contributed by atoms with E-state index in [-0.39, 0.29) is 16.3 Å². The molecule has 0 heterocycles. The number of phenols is 1. The standard InChI is InChI=1S/C16H10BrClN2O2/c17-12-2-4-13(5-3-12)20-16(22)11(9-19)7-10-1-6-15(21)14(18)8-10/h1-8,21H,(H,20,22)/b11-7-. The largest absolute Gasteiger partial charge is 0.506 e. The highest BCUT2D eigenvalue weighted by Crippen LogP contribution is 2.25. The smallest absolute Gasteiger partial charge is 0.266 e. The fourth-order valence-corrected chi connectivity index (χ4v) is 2.11. The van der Waals surface area contributed by atoms with Gasteiger partial charge in [-0.3, -0.25) is 4.79 Å². The van der Waals surface area contributed by atoms with E-state index < -0.39 is 5.91 Å². The second-order valence-corrected chi connectivity index (χ2v) is 5.66. The first-order chi connectivity index (χ1) is 10.5.